The summed E-state index contributed by atoms with van der Waals surface area (Å²) in [6.45, 7) is 8.69. The third kappa shape index (κ3) is 5.62. The predicted octanol–water partition coefficient (Wildman–Crippen LogP) is 1.50. The summed E-state index contributed by atoms with van der Waals surface area (Å²) in [5, 5.41) is 8.68. The molecule has 0 aliphatic carbocycles. The molecule has 0 N–H and O–H groups in total. The molecular weight excluding hydrogens is 164 g/mol. The summed E-state index contributed by atoms with van der Waals surface area (Å²) in [6.07, 6.45) is 0. The van der Waals surface area contributed by atoms with Crippen molar-refractivity contribution in [2.24, 2.45) is 5.92 Å². The lowest BCUT2D eigenvalue weighted by Crippen LogP contribution is -2.36. The van der Waals surface area contributed by atoms with E-state index in [1.54, 1.807) is 7.11 Å². The molecule has 0 saturated carbocycles. The molecule has 0 rings (SSSR count). The van der Waals surface area contributed by atoms with Crippen molar-refractivity contribution >= 4 is 0 Å². The number of ether oxygens (including phenoxy) is 1. The van der Waals surface area contributed by atoms with E-state index in [2.05, 4.69) is 24.8 Å². The zero-order valence-corrected chi connectivity index (χ0v) is 9.08. The molecule has 76 valence electrons. The lowest BCUT2D eigenvalue weighted by molar-refractivity contribution is 0.124. The molecule has 0 saturated heterocycles. The molecule has 0 aromatic heterocycles. The second-order valence-corrected chi connectivity index (χ2v) is 3.61. The normalized spacial score (nSPS) is 13.3. The maximum Gasteiger partial charge on any atom is 0.0666 e. The molecule has 0 heterocycles. The van der Waals surface area contributed by atoms with Crippen LogP contribution in [0.15, 0.2) is 0 Å². The Kier molecular flexibility index (Phi) is 6.56. The third-order valence-corrected chi connectivity index (χ3v) is 2.04. The van der Waals surface area contributed by atoms with Crippen LogP contribution < -0.4 is 0 Å². The second kappa shape index (κ2) is 6.88. The first-order valence-corrected chi connectivity index (χ1v) is 4.74. The van der Waals surface area contributed by atoms with Crippen LogP contribution in [-0.2, 0) is 4.74 Å². The van der Waals surface area contributed by atoms with Gasteiger partial charge in [0.2, 0.25) is 0 Å². The molecule has 3 heteroatoms. The summed E-state index contributed by atoms with van der Waals surface area (Å²) in [4.78, 5) is 2.26. The van der Waals surface area contributed by atoms with E-state index in [-0.39, 0.29) is 5.92 Å². The van der Waals surface area contributed by atoms with Crippen LogP contribution in [0.5, 0.6) is 0 Å². The Morgan fingerprint density at radius 1 is 1.38 bits per heavy atom. The maximum absolute atomic E-state index is 8.68. The Bertz CT molecular complexity index is 163. The molecular formula is C10H20N2O. The van der Waals surface area contributed by atoms with Gasteiger partial charge >= 0.3 is 0 Å². The van der Waals surface area contributed by atoms with Gasteiger partial charge in [0, 0.05) is 26.2 Å². The Morgan fingerprint density at radius 3 is 2.38 bits per heavy atom. The van der Waals surface area contributed by atoms with Gasteiger partial charge in [-0.05, 0) is 20.8 Å². The number of nitrogens with zero attached hydrogens (tertiary/aromatic N) is 2. The number of rotatable bonds is 6. The Balaban J connectivity index is 3.88. The van der Waals surface area contributed by atoms with Crippen molar-refractivity contribution in [1.82, 2.24) is 4.90 Å². The molecule has 0 aliphatic rings. The summed E-state index contributed by atoms with van der Waals surface area (Å²) in [7, 11) is 1.70. The van der Waals surface area contributed by atoms with Gasteiger partial charge in [0.15, 0.2) is 0 Å². The van der Waals surface area contributed by atoms with Crippen molar-refractivity contribution in [3.8, 4) is 6.07 Å². The molecule has 0 aromatic rings. The highest BCUT2D eigenvalue weighted by atomic mass is 16.5. The molecule has 13 heavy (non-hydrogen) atoms. The van der Waals surface area contributed by atoms with Crippen LogP contribution in [0.2, 0.25) is 0 Å². The predicted molar refractivity (Wildman–Crippen MR) is 53.4 cm³/mol. The molecule has 0 radical (unpaired) electrons. The Morgan fingerprint density at radius 2 is 2.00 bits per heavy atom. The van der Waals surface area contributed by atoms with Crippen molar-refractivity contribution in [1.29, 1.82) is 5.26 Å². The van der Waals surface area contributed by atoms with Crippen molar-refractivity contribution in [3.63, 3.8) is 0 Å². The summed E-state index contributed by atoms with van der Waals surface area (Å²) < 4.78 is 5.01. The van der Waals surface area contributed by atoms with Crippen LogP contribution in [0.3, 0.4) is 0 Å². The molecule has 0 fully saturated rings. The van der Waals surface area contributed by atoms with Gasteiger partial charge in [-0.15, -0.1) is 0 Å². The minimum Gasteiger partial charge on any atom is -0.383 e. The number of hydrogen-bond donors (Lipinski definition) is 0. The Hall–Kier alpha value is -0.590. The zero-order valence-electron chi connectivity index (χ0n) is 9.08. The van der Waals surface area contributed by atoms with E-state index >= 15 is 0 Å². The van der Waals surface area contributed by atoms with Crippen LogP contribution in [0.1, 0.15) is 20.8 Å². The van der Waals surface area contributed by atoms with Crippen LogP contribution in [0.25, 0.3) is 0 Å². The molecule has 3 nitrogen and oxygen atoms in total. The van der Waals surface area contributed by atoms with Gasteiger partial charge in [-0.1, -0.05) is 0 Å². The van der Waals surface area contributed by atoms with Crippen LogP contribution in [-0.4, -0.2) is 37.7 Å². The van der Waals surface area contributed by atoms with E-state index < -0.39 is 0 Å². The molecule has 0 amide bonds. The highest BCUT2D eigenvalue weighted by Gasteiger charge is 2.12. The fourth-order valence-corrected chi connectivity index (χ4v) is 1.16. The summed E-state index contributed by atoms with van der Waals surface area (Å²) >= 11 is 0. The molecule has 0 aromatic carbocycles. The quantitative estimate of drug-likeness (QED) is 0.627. The summed E-state index contributed by atoms with van der Waals surface area (Å²) in [5.74, 6) is 0.0965. The van der Waals surface area contributed by atoms with Gasteiger partial charge in [-0.25, -0.2) is 0 Å². The zero-order chi connectivity index (χ0) is 10.3. The summed E-state index contributed by atoms with van der Waals surface area (Å²) in [5.41, 5.74) is 0. The van der Waals surface area contributed by atoms with Crippen LogP contribution in [0, 0.1) is 17.2 Å². The monoisotopic (exact) mass is 184 g/mol. The number of hydrogen-bond acceptors (Lipinski definition) is 3. The minimum absolute atomic E-state index is 0.0965. The highest BCUT2D eigenvalue weighted by molar-refractivity contribution is 4.82. The van der Waals surface area contributed by atoms with E-state index in [4.69, 9.17) is 10.00 Å². The molecule has 0 aliphatic heterocycles. The van der Waals surface area contributed by atoms with Gasteiger partial charge < -0.3 is 4.74 Å². The van der Waals surface area contributed by atoms with Gasteiger partial charge in [-0.3, -0.25) is 4.90 Å². The first kappa shape index (κ1) is 12.4. The van der Waals surface area contributed by atoms with Gasteiger partial charge in [-0.2, -0.15) is 5.26 Å². The molecule has 0 spiro atoms. The van der Waals surface area contributed by atoms with E-state index in [0.29, 0.717) is 6.04 Å². The first-order chi connectivity index (χ1) is 6.11. The summed E-state index contributed by atoms with van der Waals surface area (Å²) in [6, 6.07) is 2.72. The largest absolute Gasteiger partial charge is 0.383 e. The van der Waals surface area contributed by atoms with Crippen molar-refractivity contribution in [3.05, 3.63) is 0 Å². The fourth-order valence-electron chi connectivity index (χ4n) is 1.16. The topological polar surface area (TPSA) is 36.3 Å². The van der Waals surface area contributed by atoms with Gasteiger partial charge in [0.25, 0.3) is 0 Å². The molecule has 1 unspecified atom stereocenters. The van der Waals surface area contributed by atoms with Gasteiger partial charge in [0.05, 0.1) is 18.6 Å². The number of nitriles is 1. The SMILES string of the molecule is COCCN(CC(C)C#N)C(C)C. The van der Waals surface area contributed by atoms with E-state index in [1.165, 1.54) is 0 Å². The van der Waals surface area contributed by atoms with E-state index in [9.17, 15) is 0 Å². The second-order valence-electron chi connectivity index (χ2n) is 3.61. The highest BCUT2D eigenvalue weighted by Crippen LogP contribution is 2.03. The van der Waals surface area contributed by atoms with Crippen LogP contribution >= 0.6 is 0 Å². The average Bonchev–Trinajstić information content (AvgIpc) is 2.11. The van der Waals surface area contributed by atoms with Crippen molar-refractivity contribution in [2.75, 3.05) is 26.8 Å². The van der Waals surface area contributed by atoms with Crippen LogP contribution in [0.4, 0.5) is 0 Å². The van der Waals surface area contributed by atoms with Crippen molar-refractivity contribution < 1.29 is 4.74 Å². The van der Waals surface area contributed by atoms with E-state index in [0.717, 1.165) is 19.7 Å². The number of methoxy groups -OCH3 is 1. The average molecular weight is 184 g/mol. The van der Waals surface area contributed by atoms with Gasteiger partial charge in [0.1, 0.15) is 0 Å². The smallest absolute Gasteiger partial charge is 0.0666 e. The fraction of sp³-hybridized carbons (Fsp3) is 0.900. The third-order valence-electron chi connectivity index (χ3n) is 2.04. The maximum atomic E-state index is 8.68. The first-order valence-electron chi connectivity index (χ1n) is 4.74. The molecule has 1 atom stereocenters. The lowest BCUT2D eigenvalue weighted by Gasteiger charge is -2.26. The van der Waals surface area contributed by atoms with E-state index in [1.807, 2.05) is 6.92 Å². The molecule has 0 bridgehead atoms. The standard InChI is InChI=1S/C10H20N2O/c1-9(2)12(5-6-13-4)8-10(3)7-11/h9-10H,5-6,8H2,1-4H3. The Labute approximate surface area is 81.3 Å². The van der Waals surface area contributed by atoms with Crippen molar-refractivity contribution in [2.45, 2.75) is 26.8 Å². The lowest BCUT2D eigenvalue weighted by atomic mass is 10.1. The minimum atomic E-state index is 0.0965.